The molecule has 0 unspecified atom stereocenters. The van der Waals surface area contributed by atoms with Gasteiger partial charge in [0, 0.05) is 17.5 Å². The van der Waals surface area contributed by atoms with Gasteiger partial charge in [-0.25, -0.2) is 0 Å². The molecule has 0 aliphatic heterocycles. The zero-order valence-corrected chi connectivity index (χ0v) is 8.88. The van der Waals surface area contributed by atoms with Gasteiger partial charge in [-0.3, -0.25) is 4.79 Å². The van der Waals surface area contributed by atoms with Crippen LogP contribution in [0.15, 0.2) is 30.4 Å². The van der Waals surface area contributed by atoms with Gasteiger partial charge in [0.1, 0.15) is 12.4 Å². The molecule has 0 fully saturated rings. The number of Topliss-reactive ketones (excluding diaryl/α,β-unsaturated/α-hetero) is 1. The second-order valence-electron chi connectivity index (χ2n) is 3.95. The summed E-state index contributed by atoms with van der Waals surface area (Å²) in [6, 6.07) is 5.66. The number of fused-ring (bicyclic) bond motifs is 1. The molecule has 1 aliphatic rings. The minimum absolute atomic E-state index is 0.228. The van der Waals surface area contributed by atoms with Crippen LogP contribution in [0.5, 0.6) is 5.75 Å². The Hall–Kier alpha value is -1.57. The Morgan fingerprint density at radius 3 is 3.00 bits per heavy atom. The highest BCUT2D eigenvalue weighted by molar-refractivity contribution is 6.01. The molecule has 0 radical (unpaired) electrons. The summed E-state index contributed by atoms with van der Waals surface area (Å²) < 4.78 is 5.61. The third-order valence-electron chi connectivity index (χ3n) is 2.51. The highest BCUT2D eigenvalue weighted by Crippen LogP contribution is 2.30. The number of carbonyl (C=O) groups excluding carboxylic acids is 1. The van der Waals surface area contributed by atoms with E-state index in [2.05, 4.69) is 6.58 Å². The van der Waals surface area contributed by atoms with Gasteiger partial charge in [-0.2, -0.15) is 0 Å². The summed E-state index contributed by atoms with van der Waals surface area (Å²) in [6.45, 7) is 6.23. The van der Waals surface area contributed by atoms with Crippen molar-refractivity contribution in [2.24, 2.45) is 0 Å². The first kappa shape index (κ1) is 9.97. The lowest BCUT2D eigenvalue weighted by Gasteiger charge is -2.09. The van der Waals surface area contributed by atoms with E-state index in [9.17, 15) is 4.79 Å². The highest BCUT2D eigenvalue weighted by atomic mass is 16.5. The van der Waals surface area contributed by atoms with Gasteiger partial charge in [-0.1, -0.05) is 18.7 Å². The molecule has 0 saturated heterocycles. The Bertz CT molecular complexity index is 419. The Labute approximate surface area is 89.6 Å². The largest absolute Gasteiger partial charge is 0.489 e. The molecule has 0 spiro atoms. The molecule has 0 heterocycles. The van der Waals surface area contributed by atoms with Crippen molar-refractivity contribution in [3.63, 3.8) is 0 Å². The summed E-state index contributed by atoms with van der Waals surface area (Å²) >= 11 is 0. The summed E-state index contributed by atoms with van der Waals surface area (Å²) in [5.74, 6) is 1.06. The first-order valence-corrected chi connectivity index (χ1v) is 5.11. The lowest BCUT2D eigenvalue weighted by atomic mass is 10.1. The molecule has 1 aliphatic carbocycles. The van der Waals surface area contributed by atoms with Crippen molar-refractivity contribution in [1.29, 1.82) is 0 Å². The molecule has 2 heteroatoms. The standard InChI is InChI=1S/C13H14O2/c1-9(2)8-15-13-5-3-4-10-11(13)6-7-12(10)14/h3-5H,1,6-8H2,2H3. The Morgan fingerprint density at radius 2 is 2.27 bits per heavy atom. The van der Waals surface area contributed by atoms with E-state index in [4.69, 9.17) is 4.74 Å². The maximum Gasteiger partial charge on any atom is 0.163 e. The zero-order chi connectivity index (χ0) is 10.8. The fourth-order valence-corrected chi connectivity index (χ4v) is 1.79. The average molecular weight is 202 g/mol. The van der Waals surface area contributed by atoms with Gasteiger partial charge in [0.15, 0.2) is 5.78 Å². The predicted molar refractivity (Wildman–Crippen MR) is 59.4 cm³/mol. The van der Waals surface area contributed by atoms with Crippen LogP contribution in [0.2, 0.25) is 0 Å². The van der Waals surface area contributed by atoms with E-state index in [-0.39, 0.29) is 5.78 Å². The second-order valence-corrected chi connectivity index (χ2v) is 3.95. The zero-order valence-electron chi connectivity index (χ0n) is 8.88. The summed E-state index contributed by atoms with van der Waals surface area (Å²) in [7, 11) is 0. The van der Waals surface area contributed by atoms with Crippen molar-refractivity contribution in [1.82, 2.24) is 0 Å². The Kier molecular flexibility index (Phi) is 2.58. The van der Waals surface area contributed by atoms with Gasteiger partial charge in [0.25, 0.3) is 0 Å². The molecular weight excluding hydrogens is 188 g/mol. The number of hydrogen-bond donors (Lipinski definition) is 0. The van der Waals surface area contributed by atoms with Crippen molar-refractivity contribution in [3.05, 3.63) is 41.5 Å². The molecule has 0 atom stereocenters. The van der Waals surface area contributed by atoms with Gasteiger partial charge < -0.3 is 4.74 Å². The molecule has 1 aromatic rings. The number of rotatable bonds is 3. The van der Waals surface area contributed by atoms with Crippen LogP contribution in [0, 0.1) is 0 Å². The summed E-state index contributed by atoms with van der Waals surface area (Å²) in [6.07, 6.45) is 1.42. The lowest BCUT2D eigenvalue weighted by Crippen LogP contribution is -2.00. The number of carbonyl (C=O) groups is 1. The number of ketones is 1. The van der Waals surface area contributed by atoms with E-state index in [0.29, 0.717) is 13.0 Å². The quantitative estimate of drug-likeness (QED) is 0.704. The number of hydrogen-bond acceptors (Lipinski definition) is 2. The van der Waals surface area contributed by atoms with E-state index in [1.807, 2.05) is 25.1 Å². The smallest absolute Gasteiger partial charge is 0.163 e. The molecule has 0 N–H and O–H groups in total. The molecule has 0 bridgehead atoms. The van der Waals surface area contributed by atoms with Gasteiger partial charge in [-0.05, 0) is 25.0 Å². The van der Waals surface area contributed by atoms with Gasteiger partial charge >= 0.3 is 0 Å². The summed E-state index contributed by atoms with van der Waals surface area (Å²) in [5, 5.41) is 0. The van der Waals surface area contributed by atoms with Crippen LogP contribution < -0.4 is 4.74 Å². The second kappa shape index (κ2) is 3.89. The van der Waals surface area contributed by atoms with Crippen LogP contribution in [0.3, 0.4) is 0 Å². The van der Waals surface area contributed by atoms with E-state index < -0.39 is 0 Å². The van der Waals surface area contributed by atoms with Crippen molar-refractivity contribution in [3.8, 4) is 5.75 Å². The van der Waals surface area contributed by atoms with Crippen LogP contribution in [-0.4, -0.2) is 12.4 Å². The number of benzene rings is 1. The summed E-state index contributed by atoms with van der Waals surface area (Å²) in [5.41, 5.74) is 2.87. The molecule has 2 nitrogen and oxygen atoms in total. The number of ether oxygens (including phenoxy) is 1. The van der Waals surface area contributed by atoms with Crippen LogP contribution in [-0.2, 0) is 6.42 Å². The Balaban J connectivity index is 2.26. The molecule has 15 heavy (non-hydrogen) atoms. The lowest BCUT2D eigenvalue weighted by molar-refractivity contribution is 0.0994. The van der Waals surface area contributed by atoms with Crippen molar-refractivity contribution in [2.45, 2.75) is 19.8 Å². The molecule has 0 aromatic heterocycles. The van der Waals surface area contributed by atoms with Gasteiger partial charge in [0.05, 0.1) is 0 Å². The van der Waals surface area contributed by atoms with Gasteiger partial charge in [0.2, 0.25) is 0 Å². The van der Waals surface area contributed by atoms with E-state index in [1.165, 1.54) is 0 Å². The topological polar surface area (TPSA) is 26.3 Å². The molecule has 2 rings (SSSR count). The third-order valence-corrected chi connectivity index (χ3v) is 2.51. The van der Waals surface area contributed by atoms with Crippen molar-refractivity contribution < 1.29 is 9.53 Å². The Morgan fingerprint density at radius 1 is 1.47 bits per heavy atom. The van der Waals surface area contributed by atoms with Gasteiger partial charge in [-0.15, -0.1) is 0 Å². The minimum Gasteiger partial charge on any atom is -0.489 e. The van der Waals surface area contributed by atoms with Crippen LogP contribution in [0.1, 0.15) is 29.3 Å². The minimum atomic E-state index is 0.228. The SMILES string of the molecule is C=C(C)COc1cccc2c1CCC2=O. The molecule has 78 valence electrons. The van der Waals surface area contributed by atoms with E-state index >= 15 is 0 Å². The maximum atomic E-state index is 11.5. The van der Waals surface area contributed by atoms with Crippen molar-refractivity contribution in [2.75, 3.05) is 6.61 Å². The fraction of sp³-hybridized carbons (Fsp3) is 0.308. The van der Waals surface area contributed by atoms with Crippen molar-refractivity contribution >= 4 is 5.78 Å². The molecule has 0 saturated carbocycles. The van der Waals surface area contributed by atoms with Crippen LogP contribution >= 0.6 is 0 Å². The average Bonchev–Trinajstić information content (AvgIpc) is 2.58. The van der Waals surface area contributed by atoms with E-state index in [1.54, 1.807) is 0 Å². The third kappa shape index (κ3) is 1.94. The van der Waals surface area contributed by atoms with E-state index in [0.717, 1.165) is 28.9 Å². The predicted octanol–water partition coefficient (Wildman–Crippen LogP) is 2.77. The maximum absolute atomic E-state index is 11.5. The molecule has 0 amide bonds. The van der Waals surface area contributed by atoms with Crippen LogP contribution in [0.4, 0.5) is 0 Å². The van der Waals surface area contributed by atoms with Crippen LogP contribution in [0.25, 0.3) is 0 Å². The summed E-state index contributed by atoms with van der Waals surface area (Å²) in [4.78, 5) is 11.5. The highest BCUT2D eigenvalue weighted by Gasteiger charge is 2.22. The molecular formula is C13H14O2. The normalized spacial score (nSPS) is 13.8. The first-order valence-electron chi connectivity index (χ1n) is 5.11. The fourth-order valence-electron chi connectivity index (χ4n) is 1.79. The molecule has 1 aromatic carbocycles. The monoisotopic (exact) mass is 202 g/mol. The first-order chi connectivity index (χ1) is 7.18.